The van der Waals surface area contributed by atoms with Gasteiger partial charge in [-0.15, -0.1) is 0 Å². The molecule has 1 saturated heterocycles. The second-order valence-corrected chi connectivity index (χ2v) is 9.12. The number of carbonyl (C=O) groups is 4. The topological polar surface area (TPSA) is 108 Å². The van der Waals surface area contributed by atoms with Crippen molar-refractivity contribution >= 4 is 39.6 Å². The lowest BCUT2D eigenvalue weighted by atomic mass is 10.0. The summed E-state index contributed by atoms with van der Waals surface area (Å²) >= 11 is 3.40. The number of nitrogens with one attached hydrogen (secondary N) is 3. The van der Waals surface area contributed by atoms with Gasteiger partial charge in [-0.05, 0) is 49.5 Å². The molecule has 1 aromatic rings. The SMILES string of the molecule is C=CC(=O)N1CCC[C@H]1C(=O)N[C@@H](C)C(=O)N[C@H](C(=O)NCc1cccc(Br)c1)C(C)C. The Morgan fingerprint density at radius 2 is 1.91 bits per heavy atom. The molecule has 1 fully saturated rings. The van der Waals surface area contributed by atoms with Crippen LogP contribution in [0.25, 0.3) is 0 Å². The number of hydrogen-bond acceptors (Lipinski definition) is 4. The monoisotopic (exact) mass is 506 g/mol. The van der Waals surface area contributed by atoms with Crippen LogP contribution in [-0.4, -0.2) is 53.2 Å². The van der Waals surface area contributed by atoms with Crippen LogP contribution in [0.2, 0.25) is 0 Å². The van der Waals surface area contributed by atoms with Crippen LogP contribution in [0, 0.1) is 5.92 Å². The number of hydrogen-bond donors (Lipinski definition) is 3. The third kappa shape index (κ3) is 6.91. The molecule has 4 amide bonds. The molecule has 3 N–H and O–H groups in total. The molecule has 0 bridgehead atoms. The minimum Gasteiger partial charge on any atom is -0.350 e. The summed E-state index contributed by atoms with van der Waals surface area (Å²) in [4.78, 5) is 51.4. The van der Waals surface area contributed by atoms with Crippen LogP contribution in [0.3, 0.4) is 0 Å². The molecule has 0 spiro atoms. The van der Waals surface area contributed by atoms with Crippen molar-refractivity contribution in [2.24, 2.45) is 5.92 Å². The van der Waals surface area contributed by atoms with E-state index in [9.17, 15) is 19.2 Å². The van der Waals surface area contributed by atoms with Gasteiger partial charge in [0.05, 0.1) is 0 Å². The zero-order valence-electron chi connectivity index (χ0n) is 18.7. The molecule has 1 aliphatic rings. The van der Waals surface area contributed by atoms with Crippen molar-refractivity contribution in [3.05, 3.63) is 47.0 Å². The summed E-state index contributed by atoms with van der Waals surface area (Å²) in [5.74, 6) is -1.61. The summed E-state index contributed by atoms with van der Waals surface area (Å²) in [5, 5.41) is 8.24. The largest absolute Gasteiger partial charge is 0.350 e. The molecule has 0 radical (unpaired) electrons. The smallest absolute Gasteiger partial charge is 0.246 e. The van der Waals surface area contributed by atoms with E-state index in [1.165, 1.54) is 11.0 Å². The summed E-state index contributed by atoms with van der Waals surface area (Å²) in [6, 6.07) is 5.36. The predicted octanol–water partition coefficient (Wildman–Crippen LogP) is 1.89. The number of halogens is 1. The molecule has 0 aliphatic carbocycles. The van der Waals surface area contributed by atoms with Gasteiger partial charge in [0.15, 0.2) is 0 Å². The van der Waals surface area contributed by atoms with E-state index < -0.39 is 24.0 Å². The molecule has 8 nitrogen and oxygen atoms in total. The highest BCUT2D eigenvalue weighted by atomic mass is 79.9. The van der Waals surface area contributed by atoms with E-state index in [1.54, 1.807) is 6.92 Å². The van der Waals surface area contributed by atoms with Crippen molar-refractivity contribution in [1.82, 2.24) is 20.9 Å². The van der Waals surface area contributed by atoms with E-state index >= 15 is 0 Å². The molecule has 0 saturated carbocycles. The first-order valence-electron chi connectivity index (χ1n) is 10.7. The first-order chi connectivity index (χ1) is 15.1. The Hall–Kier alpha value is -2.68. The van der Waals surface area contributed by atoms with Crippen molar-refractivity contribution in [3.8, 4) is 0 Å². The molecule has 0 aromatic heterocycles. The summed E-state index contributed by atoms with van der Waals surface area (Å²) in [6.45, 7) is 9.51. The van der Waals surface area contributed by atoms with Crippen LogP contribution in [0.1, 0.15) is 39.2 Å². The Bertz CT molecular complexity index is 873. The maximum atomic E-state index is 12.7. The van der Waals surface area contributed by atoms with Gasteiger partial charge in [0.2, 0.25) is 23.6 Å². The van der Waals surface area contributed by atoms with Gasteiger partial charge in [-0.1, -0.05) is 48.5 Å². The number of benzene rings is 1. The lowest BCUT2D eigenvalue weighted by Gasteiger charge is -2.26. The van der Waals surface area contributed by atoms with Crippen LogP contribution in [0.4, 0.5) is 0 Å². The average Bonchev–Trinajstić information content (AvgIpc) is 3.25. The fourth-order valence-electron chi connectivity index (χ4n) is 3.55. The fraction of sp³-hybridized carbons (Fsp3) is 0.478. The zero-order chi connectivity index (χ0) is 23.8. The van der Waals surface area contributed by atoms with Gasteiger partial charge in [0.1, 0.15) is 18.1 Å². The normalized spacial score (nSPS) is 17.4. The third-order valence-corrected chi connectivity index (χ3v) is 5.86. The van der Waals surface area contributed by atoms with Crippen molar-refractivity contribution in [2.45, 2.75) is 58.3 Å². The molecule has 9 heteroatoms. The maximum absolute atomic E-state index is 12.7. The molecule has 0 unspecified atom stereocenters. The molecular weight excluding hydrogens is 476 g/mol. The van der Waals surface area contributed by atoms with Crippen LogP contribution in [0.15, 0.2) is 41.4 Å². The second kappa shape index (κ2) is 11.8. The minimum absolute atomic E-state index is 0.153. The molecule has 2 rings (SSSR count). The number of amides is 4. The van der Waals surface area contributed by atoms with E-state index in [0.717, 1.165) is 10.0 Å². The summed E-state index contributed by atoms with van der Waals surface area (Å²) in [7, 11) is 0. The Kier molecular flexibility index (Phi) is 9.43. The van der Waals surface area contributed by atoms with Gasteiger partial charge in [-0.3, -0.25) is 19.2 Å². The third-order valence-electron chi connectivity index (χ3n) is 5.37. The Labute approximate surface area is 197 Å². The predicted molar refractivity (Wildman–Crippen MR) is 125 cm³/mol. The molecule has 32 heavy (non-hydrogen) atoms. The highest BCUT2D eigenvalue weighted by Crippen LogP contribution is 2.18. The second-order valence-electron chi connectivity index (χ2n) is 8.20. The molecule has 3 atom stereocenters. The molecule has 174 valence electrons. The Balaban J connectivity index is 1.93. The first-order valence-corrected chi connectivity index (χ1v) is 11.5. The van der Waals surface area contributed by atoms with Crippen molar-refractivity contribution in [2.75, 3.05) is 6.54 Å². The summed E-state index contributed by atoms with van der Waals surface area (Å²) < 4.78 is 0.915. The summed E-state index contributed by atoms with van der Waals surface area (Å²) in [5.41, 5.74) is 0.928. The van der Waals surface area contributed by atoms with Gasteiger partial charge < -0.3 is 20.9 Å². The minimum atomic E-state index is -0.858. The molecular formula is C23H31BrN4O4. The molecule has 1 heterocycles. The van der Waals surface area contributed by atoms with Crippen LogP contribution >= 0.6 is 15.9 Å². The maximum Gasteiger partial charge on any atom is 0.246 e. The number of nitrogens with zero attached hydrogens (tertiary/aromatic N) is 1. The van der Waals surface area contributed by atoms with E-state index in [1.807, 2.05) is 38.1 Å². The fourth-order valence-corrected chi connectivity index (χ4v) is 4.00. The van der Waals surface area contributed by atoms with Crippen LogP contribution < -0.4 is 16.0 Å². The van der Waals surface area contributed by atoms with E-state index in [2.05, 4.69) is 38.5 Å². The molecule has 1 aliphatic heterocycles. The Morgan fingerprint density at radius 3 is 2.53 bits per heavy atom. The standard InChI is InChI=1S/C23H31BrN4O4/c1-5-19(29)28-11-7-10-18(28)22(31)26-15(4)21(30)27-20(14(2)3)23(32)25-13-16-8-6-9-17(24)12-16/h5-6,8-9,12,14-15,18,20H,1,7,10-11,13H2,2-4H3,(H,25,32)(H,26,31)(H,27,30)/t15-,18-,20-/m0/s1. The first kappa shape index (κ1) is 25.6. The average molecular weight is 507 g/mol. The highest BCUT2D eigenvalue weighted by molar-refractivity contribution is 9.10. The van der Waals surface area contributed by atoms with E-state index in [4.69, 9.17) is 0 Å². The zero-order valence-corrected chi connectivity index (χ0v) is 20.3. The van der Waals surface area contributed by atoms with E-state index in [-0.39, 0.29) is 23.6 Å². The number of likely N-dealkylation sites (tertiary alicyclic amines) is 1. The van der Waals surface area contributed by atoms with Gasteiger partial charge in [0.25, 0.3) is 0 Å². The van der Waals surface area contributed by atoms with Crippen LogP contribution in [-0.2, 0) is 25.7 Å². The number of rotatable bonds is 9. The highest BCUT2D eigenvalue weighted by Gasteiger charge is 2.34. The van der Waals surface area contributed by atoms with Gasteiger partial charge >= 0.3 is 0 Å². The lowest BCUT2D eigenvalue weighted by Crippen LogP contribution is -2.56. The van der Waals surface area contributed by atoms with Crippen molar-refractivity contribution in [3.63, 3.8) is 0 Å². The number of carbonyl (C=O) groups excluding carboxylic acids is 4. The Morgan fingerprint density at radius 1 is 1.19 bits per heavy atom. The van der Waals surface area contributed by atoms with Gasteiger partial charge in [-0.25, -0.2) is 0 Å². The molecule has 1 aromatic carbocycles. The van der Waals surface area contributed by atoms with Gasteiger partial charge in [0, 0.05) is 17.6 Å². The van der Waals surface area contributed by atoms with E-state index in [0.29, 0.717) is 25.9 Å². The van der Waals surface area contributed by atoms with Crippen molar-refractivity contribution < 1.29 is 19.2 Å². The van der Waals surface area contributed by atoms with Crippen molar-refractivity contribution in [1.29, 1.82) is 0 Å². The summed E-state index contributed by atoms with van der Waals surface area (Å²) in [6.07, 6.45) is 2.43. The van der Waals surface area contributed by atoms with Crippen LogP contribution in [0.5, 0.6) is 0 Å². The quantitative estimate of drug-likeness (QED) is 0.444. The van der Waals surface area contributed by atoms with Gasteiger partial charge in [-0.2, -0.15) is 0 Å². The lowest BCUT2D eigenvalue weighted by molar-refractivity contribution is -0.137.